The Kier molecular flexibility index (Phi) is 5.52. The van der Waals surface area contributed by atoms with E-state index >= 15 is 0 Å². The normalized spacial score (nSPS) is 10.9. The third kappa shape index (κ3) is 4.24. The maximum atomic E-state index is 14.1. The van der Waals surface area contributed by atoms with Crippen LogP contribution in [0, 0.1) is 5.82 Å². The van der Waals surface area contributed by atoms with E-state index in [9.17, 15) is 4.39 Å². The molecule has 3 aromatic rings. The van der Waals surface area contributed by atoms with Crippen molar-refractivity contribution >= 4 is 39.6 Å². The maximum Gasteiger partial charge on any atom is 0.206 e. The van der Waals surface area contributed by atoms with Crippen molar-refractivity contribution in [2.75, 3.05) is 11.9 Å². The zero-order chi connectivity index (χ0) is 16.1. The number of aryl methyl sites for hydroxylation is 1. The lowest BCUT2D eigenvalue weighted by Crippen LogP contribution is -2.03. The molecule has 5 nitrogen and oxygen atoms in total. The Balaban J connectivity index is 1.59. The fourth-order valence-corrected chi connectivity index (χ4v) is 4.26. The second-order valence-electron chi connectivity index (χ2n) is 4.52. The smallest absolute Gasteiger partial charge is 0.206 e. The number of hydrogen-bond acceptors (Lipinski definition) is 8. The van der Waals surface area contributed by atoms with Gasteiger partial charge in [0.2, 0.25) is 5.13 Å². The average molecular weight is 368 g/mol. The van der Waals surface area contributed by atoms with Crippen LogP contribution in [0.25, 0.3) is 0 Å². The van der Waals surface area contributed by atoms with E-state index in [4.69, 9.17) is 0 Å². The molecule has 0 aliphatic rings. The van der Waals surface area contributed by atoms with Crippen LogP contribution in [0.1, 0.15) is 17.5 Å². The molecule has 0 saturated heterocycles. The zero-order valence-electron chi connectivity index (χ0n) is 12.3. The highest BCUT2D eigenvalue weighted by Crippen LogP contribution is 2.32. The number of rotatable bonds is 7. The standard InChI is InChI=1S/C14H14FN5S3/c1-2-10-11(15)12(18-8-17-10)22-14-20-19-13(23-14)16-6-5-9-4-3-7-21-9/h3-4,7-8H,2,5-6H2,1H3,(H,16,19). The monoisotopic (exact) mass is 367 g/mol. The highest BCUT2D eigenvalue weighted by atomic mass is 32.2. The van der Waals surface area contributed by atoms with Crippen molar-refractivity contribution in [1.82, 2.24) is 20.2 Å². The molecule has 0 fully saturated rings. The summed E-state index contributed by atoms with van der Waals surface area (Å²) in [7, 11) is 0. The number of nitrogens with zero attached hydrogens (tertiary/aromatic N) is 4. The third-order valence-electron chi connectivity index (χ3n) is 2.98. The second-order valence-corrected chi connectivity index (χ2v) is 7.77. The summed E-state index contributed by atoms with van der Waals surface area (Å²) >= 11 is 4.31. The molecule has 3 rings (SSSR count). The predicted octanol–water partition coefficient (Wildman–Crippen LogP) is 3.90. The molecule has 0 spiro atoms. The van der Waals surface area contributed by atoms with Gasteiger partial charge in [-0.05, 0) is 36.0 Å². The van der Waals surface area contributed by atoms with Gasteiger partial charge in [0, 0.05) is 11.4 Å². The summed E-state index contributed by atoms with van der Waals surface area (Å²) in [6, 6.07) is 4.15. The van der Waals surface area contributed by atoms with E-state index in [1.54, 1.807) is 11.3 Å². The fraction of sp³-hybridized carbons (Fsp3) is 0.286. The summed E-state index contributed by atoms with van der Waals surface area (Å²) < 4.78 is 14.8. The molecular formula is C14H14FN5S3. The number of nitrogens with one attached hydrogen (secondary N) is 1. The Labute approximate surface area is 145 Å². The van der Waals surface area contributed by atoms with E-state index in [0.717, 1.165) is 18.1 Å². The number of hydrogen-bond donors (Lipinski definition) is 1. The van der Waals surface area contributed by atoms with Crippen LogP contribution >= 0.6 is 34.4 Å². The number of thiophene rings is 1. The molecule has 120 valence electrons. The largest absolute Gasteiger partial charge is 0.360 e. The summed E-state index contributed by atoms with van der Waals surface area (Å²) in [4.78, 5) is 9.24. The minimum atomic E-state index is -0.373. The minimum absolute atomic E-state index is 0.290. The molecule has 9 heteroatoms. The van der Waals surface area contributed by atoms with Crippen LogP contribution in [0.5, 0.6) is 0 Å². The summed E-state index contributed by atoms with van der Waals surface area (Å²) in [5.41, 5.74) is 0.418. The molecule has 3 aromatic heterocycles. The molecule has 0 aliphatic heterocycles. The lowest BCUT2D eigenvalue weighted by molar-refractivity contribution is 0.559. The predicted molar refractivity (Wildman–Crippen MR) is 91.9 cm³/mol. The van der Waals surface area contributed by atoms with Gasteiger partial charge in [-0.15, -0.1) is 21.5 Å². The van der Waals surface area contributed by atoms with Gasteiger partial charge in [-0.2, -0.15) is 0 Å². The van der Waals surface area contributed by atoms with Gasteiger partial charge >= 0.3 is 0 Å². The molecule has 0 bridgehead atoms. The molecule has 0 atom stereocenters. The highest BCUT2D eigenvalue weighted by Gasteiger charge is 2.14. The molecule has 0 radical (unpaired) electrons. The Morgan fingerprint density at radius 2 is 2.22 bits per heavy atom. The van der Waals surface area contributed by atoms with Crippen molar-refractivity contribution in [3.05, 3.63) is 40.2 Å². The van der Waals surface area contributed by atoms with Crippen LogP contribution in [0.4, 0.5) is 9.52 Å². The van der Waals surface area contributed by atoms with Crippen molar-refractivity contribution in [1.29, 1.82) is 0 Å². The quantitative estimate of drug-likeness (QED) is 0.639. The summed E-state index contributed by atoms with van der Waals surface area (Å²) in [5.74, 6) is -0.373. The van der Waals surface area contributed by atoms with Gasteiger partial charge in [0.25, 0.3) is 0 Å². The first-order chi connectivity index (χ1) is 11.3. The first-order valence-electron chi connectivity index (χ1n) is 7.03. The van der Waals surface area contributed by atoms with Crippen molar-refractivity contribution in [2.45, 2.75) is 29.1 Å². The third-order valence-corrected chi connectivity index (χ3v) is 5.83. The lowest BCUT2D eigenvalue weighted by Gasteiger charge is -2.02. The summed E-state index contributed by atoms with van der Waals surface area (Å²) in [6.45, 7) is 2.65. The Morgan fingerprint density at radius 3 is 3.00 bits per heavy atom. The molecule has 3 heterocycles. The minimum Gasteiger partial charge on any atom is -0.360 e. The van der Waals surface area contributed by atoms with E-state index in [1.807, 2.05) is 13.0 Å². The highest BCUT2D eigenvalue weighted by molar-refractivity contribution is 8.01. The van der Waals surface area contributed by atoms with Crippen molar-refractivity contribution in [3.8, 4) is 0 Å². The molecule has 0 amide bonds. The van der Waals surface area contributed by atoms with Crippen LogP contribution in [0.3, 0.4) is 0 Å². The summed E-state index contributed by atoms with van der Waals surface area (Å²) in [6.07, 6.45) is 2.86. The van der Waals surface area contributed by atoms with Crippen LogP contribution in [0.2, 0.25) is 0 Å². The van der Waals surface area contributed by atoms with Gasteiger partial charge in [0.15, 0.2) is 10.2 Å². The van der Waals surface area contributed by atoms with Gasteiger partial charge in [-0.3, -0.25) is 0 Å². The van der Waals surface area contributed by atoms with Gasteiger partial charge in [-0.25, -0.2) is 14.4 Å². The van der Waals surface area contributed by atoms with Crippen LogP contribution in [-0.4, -0.2) is 26.7 Å². The molecular weight excluding hydrogens is 353 g/mol. The van der Waals surface area contributed by atoms with Crippen molar-refractivity contribution in [3.63, 3.8) is 0 Å². The topological polar surface area (TPSA) is 63.6 Å². The Hall–Kier alpha value is -1.58. The van der Waals surface area contributed by atoms with Crippen LogP contribution in [0.15, 0.2) is 33.2 Å². The van der Waals surface area contributed by atoms with E-state index in [-0.39, 0.29) is 10.8 Å². The van der Waals surface area contributed by atoms with E-state index in [1.165, 1.54) is 34.3 Å². The first kappa shape index (κ1) is 16.3. The molecule has 0 aromatic carbocycles. The van der Waals surface area contributed by atoms with Gasteiger partial charge < -0.3 is 5.32 Å². The molecule has 0 unspecified atom stereocenters. The number of anilines is 1. The first-order valence-corrected chi connectivity index (χ1v) is 9.54. The Bertz CT molecular complexity index is 760. The van der Waals surface area contributed by atoms with Crippen LogP contribution in [-0.2, 0) is 12.8 Å². The van der Waals surface area contributed by atoms with Crippen LogP contribution < -0.4 is 5.32 Å². The molecule has 23 heavy (non-hydrogen) atoms. The number of aromatic nitrogens is 4. The second kappa shape index (κ2) is 7.80. The maximum absolute atomic E-state index is 14.1. The molecule has 0 saturated carbocycles. The SMILES string of the molecule is CCc1ncnc(Sc2nnc(NCCc3cccs3)s2)c1F. The van der Waals surface area contributed by atoms with Gasteiger partial charge in [0.1, 0.15) is 11.4 Å². The Morgan fingerprint density at radius 1 is 1.30 bits per heavy atom. The van der Waals surface area contributed by atoms with E-state index in [2.05, 4.69) is 36.9 Å². The van der Waals surface area contributed by atoms with Gasteiger partial charge in [-0.1, -0.05) is 24.3 Å². The van der Waals surface area contributed by atoms with Crippen molar-refractivity contribution < 1.29 is 4.39 Å². The van der Waals surface area contributed by atoms with Crippen molar-refractivity contribution in [2.24, 2.45) is 0 Å². The average Bonchev–Trinajstić information content (AvgIpc) is 3.22. The zero-order valence-corrected chi connectivity index (χ0v) is 14.8. The van der Waals surface area contributed by atoms with E-state index < -0.39 is 0 Å². The van der Waals surface area contributed by atoms with E-state index in [0.29, 0.717) is 16.5 Å². The molecule has 1 N–H and O–H groups in total. The lowest BCUT2D eigenvalue weighted by atomic mass is 10.3. The summed E-state index contributed by atoms with van der Waals surface area (Å²) in [5, 5.41) is 14.5. The van der Waals surface area contributed by atoms with Gasteiger partial charge in [0.05, 0.1) is 5.69 Å². The molecule has 0 aliphatic carbocycles. The number of halogens is 1. The fourth-order valence-electron chi connectivity index (χ4n) is 1.86.